The summed E-state index contributed by atoms with van der Waals surface area (Å²) < 4.78 is 53.6. The molecule has 0 aromatic heterocycles. The number of nitrogens with one attached hydrogen (secondary N) is 1. The summed E-state index contributed by atoms with van der Waals surface area (Å²) in [7, 11) is -4.13. The molecule has 0 atom stereocenters. The zero-order chi connectivity index (χ0) is 18.9. The average Bonchev–Trinajstić information content (AvgIpc) is 2.55. The van der Waals surface area contributed by atoms with Gasteiger partial charge < -0.3 is 4.90 Å². The number of halogens is 2. The smallest absolute Gasteiger partial charge is 0.262 e. The van der Waals surface area contributed by atoms with Gasteiger partial charge in [-0.1, -0.05) is 0 Å². The molecular formula is C18H18F2N2O3S. The minimum atomic E-state index is -4.13. The molecule has 0 bridgehead atoms. The van der Waals surface area contributed by atoms with Crippen molar-refractivity contribution >= 4 is 27.3 Å². The van der Waals surface area contributed by atoms with E-state index in [-0.39, 0.29) is 11.6 Å². The van der Waals surface area contributed by atoms with Gasteiger partial charge in [0.15, 0.2) is 0 Å². The molecule has 0 saturated carbocycles. The summed E-state index contributed by atoms with van der Waals surface area (Å²) in [5.41, 5.74) is 1.71. The number of carbonyl (C=O) groups excluding carboxylic acids is 1. The highest BCUT2D eigenvalue weighted by molar-refractivity contribution is 7.92. The van der Waals surface area contributed by atoms with Crippen LogP contribution in [0.5, 0.6) is 0 Å². The lowest BCUT2D eigenvalue weighted by Gasteiger charge is -2.28. The van der Waals surface area contributed by atoms with Crippen LogP contribution >= 0.6 is 0 Å². The van der Waals surface area contributed by atoms with Gasteiger partial charge in [-0.2, -0.15) is 0 Å². The topological polar surface area (TPSA) is 66.5 Å². The molecule has 0 radical (unpaired) electrons. The van der Waals surface area contributed by atoms with Gasteiger partial charge >= 0.3 is 0 Å². The lowest BCUT2D eigenvalue weighted by molar-refractivity contribution is -0.119. The number of amides is 1. The molecule has 0 aliphatic carbocycles. The first kappa shape index (κ1) is 18.3. The van der Waals surface area contributed by atoms with Crippen molar-refractivity contribution in [3.8, 4) is 0 Å². The molecule has 1 N–H and O–H groups in total. The van der Waals surface area contributed by atoms with Crippen LogP contribution in [0.1, 0.15) is 24.8 Å². The molecule has 8 heteroatoms. The van der Waals surface area contributed by atoms with Crippen LogP contribution in [0.4, 0.5) is 20.2 Å². The number of benzene rings is 2. The standard InChI is InChI=1S/C18H18F2N2O3S/c1-12-8-15(5-6-17(12)22-7-3-2-4-18(22)23)21-26(24,25)16-10-13(19)9-14(20)11-16/h5-6,8-11,21H,2-4,7H2,1H3. The van der Waals surface area contributed by atoms with Gasteiger partial charge in [0.1, 0.15) is 11.6 Å². The lowest BCUT2D eigenvalue weighted by atomic mass is 10.1. The van der Waals surface area contributed by atoms with Crippen LogP contribution in [0.15, 0.2) is 41.3 Å². The van der Waals surface area contributed by atoms with Crippen LogP contribution in [0.2, 0.25) is 0 Å². The fourth-order valence-electron chi connectivity index (χ4n) is 2.98. The second kappa shape index (κ2) is 7.03. The molecule has 1 fully saturated rings. The van der Waals surface area contributed by atoms with E-state index in [4.69, 9.17) is 0 Å². The third-order valence-corrected chi connectivity index (χ3v) is 5.57. The van der Waals surface area contributed by atoms with Crippen LogP contribution in [0, 0.1) is 18.6 Å². The van der Waals surface area contributed by atoms with Crippen molar-refractivity contribution in [2.45, 2.75) is 31.1 Å². The third-order valence-electron chi connectivity index (χ3n) is 4.21. The minimum Gasteiger partial charge on any atom is -0.312 e. The molecule has 1 amide bonds. The van der Waals surface area contributed by atoms with Crippen LogP contribution in [0.3, 0.4) is 0 Å². The lowest BCUT2D eigenvalue weighted by Crippen LogP contribution is -2.35. The fraction of sp³-hybridized carbons (Fsp3) is 0.278. The van der Waals surface area contributed by atoms with Gasteiger partial charge in [-0.15, -0.1) is 0 Å². The molecule has 138 valence electrons. The van der Waals surface area contributed by atoms with Gasteiger partial charge in [0.25, 0.3) is 10.0 Å². The first-order valence-corrected chi connectivity index (χ1v) is 9.64. The maximum atomic E-state index is 13.3. The average molecular weight is 380 g/mol. The SMILES string of the molecule is Cc1cc(NS(=O)(=O)c2cc(F)cc(F)c2)ccc1N1CCCCC1=O. The van der Waals surface area contributed by atoms with Gasteiger partial charge in [0.05, 0.1) is 4.90 Å². The van der Waals surface area contributed by atoms with Crippen molar-refractivity contribution in [2.24, 2.45) is 0 Å². The highest BCUT2D eigenvalue weighted by Crippen LogP contribution is 2.28. The molecule has 2 aromatic carbocycles. The Balaban J connectivity index is 1.86. The van der Waals surface area contributed by atoms with Crippen molar-refractivity contribution in [3.63, 3.8) is 0 Å². The van der Waals surface area contributed by atoms with E-state index >= 15 is 0 Å². The predicted molar refractivity (Wildman–Crippen MR) is 94.5 cm³/mol. The maximum Gasteiger partial charge on any atom is 0.262 e. The number of rotatable bonds is 4. The molecule has 2 aromatic rings. The normalized spacial score (nSPS) is 15.2. The molecule has 1 heterocycles. The van der Waals surface area contributed by atoms with Crippen LogP contribution in [0.25, 0.3) is 0 Å². The molecule has 1 aliphatic heterocycles. The highest BCUT2D eigenvalue weighted by Gasteiger charge is 2.22. The summed E-state index contributed by atoms with van der Waals surface area (Å²) in [4.78, 5) is 13.2. The Morgan fingerprint density at radius 3 is 2.35 bits per heavy atom. The quantitative estimate of drug-likeness (QED) is 0.882. The fourth-order valence-corrected chi connectivity index (χ4v) is 4.07. The predicted octanol–water partition coefficient (Wildman–Crippen LogP) is 3.59. The zero-order valence-electron chi connectivity index (χ0n) is 14.1. The van der Waals surface area contributed by atoms with E-state index in [1.54, 1.807) is 24.0 Å². The number of anilines is 2. The van der Waals surface area contributed by atoms with Crippen molar-refractivity contribution in [1.82, 2.24) is 0 Å². The van der Waals surface area contributed by atoms with Crippen molar-refractivity contribution in [3.05, 3.63) is 53.6 Å². The number of hydrogen-bond acceptors (Lipinski definition) is 3. The number of sulfonamides is 1. The first-order chi connectivity index (χ1) is 12.3. The second-order valence-electron chi connectivity index (χ2n) is 6.21. The van der Waals surface area contributed by atoms with E-state index in [0.717, 1.165) is 36.2 Å². The van der Waals surface area contributed by atoms with Crippen molar-refractivity contribution in [2.75, 3.05) is 16.2 Å². The number of aryl methyl sites for hydroxylation is 1. The molecule has 3 rings (SSSR count). The van der Waals surface area contributed by atoms with Gasteiger partial charge in [0, 0.05) is 30.4 Å². The van der Waals surface area contributed by atoms with Crippen molar-refractivity contribution in [1.29, 1.82) is 0 Å². The second-order valence-corrected chi connectivity index (χ2v) is 7.90. The van der Waals surface area contributed by atoms with E-state index in [9.17, 15) is 22.0 Å². The van der Waals surface area contributed by atoms with Crippen molar-refractivity contribution < 1.29 is 22.0 Å². The zero-order valence-corrected chi connectivity index (χ0v) is 14.9. The van der Waals surface area contributed by atoms with E-state index in [2.05, 4.69) is 4.72 Å². The van der Waals surface area contributed by atoms with E-state index in [1.165, 1.54) is 6.07 Å². The summed E-state index contributed by atoms with van der Waals surface area (Å²) in [6, 6.07) is 6.89. The Morgan fingerprint density at radius 1 is 1.04 bits per heavy atom. The Kier molecular flexibility index (Phi) is 4.95. The highest BCUT2D eigenvalue weighted by atomic mass is 32.2. The van der Waals surface area contributed by atoms with Gasteiger partial charge in [-0.25, -0.2) is 17.2 Å². The number of nitrogens with zero attached hydrogens (tertiary/aromatic N) is 1. The van der Waals surface area contributed by atoms with Gasteiger partial charge in [0.2, 0.25) is 5.91 Å². The van der Waals surface area contributed by atoms with Crippen LogP contribution in [-0.4, -0.2) is 20.9 Å². The van der Waals surface area contributed by atoms with Crippen LogP contribution < -0.4 is 9.62 Å². The third kappa shape index (κ3) is 3.85. The summed E-state index contributed by atoms with van der Waals surface area (Å²) in [6.45, 7) is 2.41. The van der Waals surface area contributed by atoms with Gasteiger partial charge in [-0.3, -0.25) is 9.52 Å². The first-order valence-electron chi connectivity index (χ1n) is 8.16. The maximum absolute atomic E-state index is 13.3. The molecule has 0 spiro atoms. The Bertz CT molecular complexity index is 941. The minimum absolute atomic E-state index is 0.0444. The number of piperidine rings is 1. The molecule has 5 nitrogen and oxygen atoms in total. The summed E-state index contributed by atoms with van der Waals surface area (Å²) in [6.07, 6.45) is 2.29. The monoisotopic (exact) mass is 380 g/mol. The molecule has 1 saturated heterocycles. The van der Waals surface area contributed by atoms with Gasteiger partial charge in [-0.05, 0) is 55.7 Å². The largest absolute Gasteiger partial charge is 0.312 e. The summed E-state index contributed by atoms with van der Waals surface area (Å²) in [5.74, 6) is -1.90. The van der Waals surface area contributed by atoms with Crippen LogP contribution in [-0.2, 0) is 14.8 Å². The molecular weight excluding hydrogens is 362 g/mol. The molecule has 26 heavy (non-hydrogen) atoms. The Morgan fingerprint density at radius 2 is 1.73 bits per heavy atom. The summed E-state index contributed by atoms with van der Waals surface area (Å²) >= 11 is 0. The number of carbonyl (C=O) groups is 1. The Hall–Kier alpha value is -2.48. The number of hydrogen-bond donors (Lipinski definition) is 1. The van der Waals surface area contributed by atoms with E-state index < -0.39 is 26.6 Å². The van der Waals surface area contributed by atoms with E-state index in [1.807, 2.05) is 0 Å². The summed E-state index contributed by atoms with van der Waals surface area (Å²) in [5, 5.41) is 0. The molecule has 0 unspecified atom stereocenters. The Labute approximate surface area is 150 Å². The molecule has 1 aliphatic rings. The van der Waals surface area contributed by atoms with E-state index in [0.29, 0.717) is 19.0 Å².